The Morgan fingerprint density at radius 1 is 1.26 bits per heavy atom. The first-order valence-electron chi connectivity index (χ1n) is 5.62. The van der Waals surface area contributed by atoms with Crippen LogP contribution >= 0.6 is 11.6 Å². The molecule has 1 N–H and O–H groups in total. The fraction of sp³-hybridized carbons (Fsp3) is 0.154. The van der Waals surface area contributed by atoms with Gasteiger partial charge in [-0.05, 0) is 23.8 Å². The minimum atomic E-state index is -0.336. The number of nitrogens with zero attached hydrogens (tertiary/aromatic N) is 2. The molecule has 0 bridgehead atoms. The number of hydrogen-bond acceptors (Lipinski definition) is 3. The molecule has 0 saturated carbocycles. The first kappa shape index (κ1) is 13.3. The van der Waals surface area contributed by atoms with E-state index in [0.717, 1.165) is 5.56 Å². The molecule has 19 heavy (non-hydrogen) atoms. The van der Waals surface area contributed by atoms with Gasteiger partial charge in [0, 0.05) is 24.7 Å². The molecule has 1 heterocycles. The highest BCUT2D eigenvalue weighted by Gasteiger charge is 2.13. The molecule has 0 spiro atoms. The normalized spacial score (nSPS) is 10.2. The summed E-state index contributed by atoms with van der Waals surface area (Å²) in [6.45, 7) is 0.441. The van der Waals surface area contributed by atoms with Crippen LogP contribution in [0, 0.1) is 0 Å². The molecule has 0 radical (unpaired) electrons. The van der Waals surface area contributed by atoms with E-state index in [0.29, 0.717) is 11.6 Å². The summed E-state index contributed by atoms with van der Waals surface area (Å²) < 4.78 is 0. The first-order chi connectivity index (χ1) is 9.06. The van der Waals surface area contributed by atoms with Crippen LogP contribution in [0.4, 0.5) is 0 Å². The number of halogens is 1. The molecule has 0 aliphatic heterocycles. The summed E-state index contributed by atoms with van der Waals surface area (Å²) in [5.74, 6) is -0.258. The number of aromatic nitrogens is 2. The molecule has 6 heteroatoms. The maximum Gasteiger partial charge on any atom is 0.274 e. The van der Waals surface area contributed by atoms with Crippen molar-refractivity contribution >= 4 is 17.5 Å². The zero-order valence-electron chi connectivity index (χ0n) is 10.3. The molecule has 1 amide bonds. The van der Waals surface area contributed by atoms with E-state index in [-0.39, 0.29) is 17.2 Å². The van der Waals surface area contributed by atoms with Crippen molar-refractivity contribution in [2.24, 2.45) is 0 Å². The summed E-state index contributed by atoms with van der Waals surface area (Å²) >= 11 is 5.80. The standard InChI is InChI=1S/C13H12ClN3O2/c1-17(8-9-2-4-10(14)5-3-9)13(19)11-6-7-12(18)16-15-11/h2-7H,8H2,1H3,(H,16,18). The van der Waals surface area contributed by atoms with Crippen LogP contribution in [0.15, 0.2) is 41.2 Å². The maximum atomic E-state index is 12.0. The second kappa shape index (κ2) is 5.67. The molecule has 0 saturated heterocycles. The minimum absolute atomic E-state index is 0.205. The summed E-state index contributed by atoms with van der Waals surface area (Å²) in [6.07, 6.45) is 0. The van der Waals surface area contributed by atoms with Gasteiger partial charge in [0.1, 0.15) is 5.69 Å². The largest absolute Gasteiger partial charge is 0.336 e. The molecule has 0 unspecified atom stereocenters. The lowest BCUT2D eigenvalue weighted by Crippen LogP contribution is -2.28. The van der Waals surface area contributed by atoms with Gasteiger partial charge in [0.25, 0.3) is 11.5 Å². The molecule has 0 aliphatic rings. The third kappa shape index (κ3) is 3.42. The summed E-state index contributed by atoms with van der Waals surface area (Å²) in [5, 5.41) is 6.59. The number of aromatic amines is 1. The molecular weight excluding hydrogens is 266 g/mol. The average Bonchev–Trinajstić information content (AvgIpc) is 2.41. The Morgan fingerprint density at radius 3 is 2.53 bits per heavy atom. The van der Waals surface area contributed by atoms with Gasteiger partial charge in [0.05, 0.1) is 0 Å². The number of benzene rings is 1. The van der Waals surface area contributed by atoms with E-state index in [2.05, 4.69) is 10.2 Å². The van der Waals surface area contributed by atoms with Gasteiger partial charge in [-0.15, -0.1) is 0 Å². The van der Waals surface area contributed by atoms with E-state index in [9.17, 15) is 9.59 Å². The fourth-order valence-electron chi connectivity index (χ4n) is 1.59. The van der Waals surface area contributed by atoms with Crippen molar-refractivity contribution in [3.8, 4) is 0 Å². The molecule has 5 nitrogen and oxygen atoms in total. The van der Waals surface area contributed by atoms with Crippen molar-refractivity contribution in [3.05, 3.63) is 63.0 Å². The third-order valence-electron chi connectivity index (χ3n) is 2.58. The van der Waals surface area contributed by atoms with Crippen LogP contribution in [-0.2, 0) is 6.54 Å². The monoisotopic (exact) mass is 277 g/mol. The van der Waals surface area contributed by atoms with Crippen molar-refractivity contribution < 1.29 is 4.79 Å². The number of nitrogens with one attached hydrogen (secondary N) is 1. The Labute approximate surface area is 114 Å². The number of rotatable bonds is 3. The molecule has 0 fully saturated rings. The summed E-state index contributed by atoms with van der Waals surface area (Å²) in [6, 6.07) is 9.93. The lowest BCUT2D eigenvalue weighted by atomic mass is 10.2. The summed E-state index contributed by atoms with van der Waals surface area (Å²) in [7, 11) is 1.67. The molecule has 0 atom stereocenters. The van der Waals surface area contributed by atoms with E-state index in [1.807, 2.05) is 12.1 Å². The Kier molecular flexibility index (Phi) is 3.97. The summed E-state index contributed by atoms with van der Waals surface area (Å²) in [4.78, 5) is 24.4. The van der Waals surface area contributed by atoms with Crippen LogP contribution in [-0.4, -0.2) is 28.1 Å². The maximum absolute atomic E-state index is 12.0. The Bertz CT molecular complexity index is 617. The smallest absolute Gasteiger partial charge is 0.274 e. The van der Waals surface area contributed by atoms with E-state index >= 15 is 0 Å². The van der Waals surface area contributed by atoms with Crippen molar-refractivity contribution in [1.82, 2.24) is 15.1 Å². The molecule has 1 aromatic carbocycles. The van der Waals surface area contributed by atoms with Crippen molar-refractivity contribution in [2.75, 3.05) is 7.05 Å². The highest BCUT2D eigenvalue weighted by atomic mass is 35.5. The van der Waals surface area contributed by atoms with Gasteiger partial charge in [-0.1, -0.05) is 23.7 Å². The van der Waals surface area contributed by atoms with Crippen molar-refractivity contribution in [2.45, 2.75) is 6.54 Å². The molecular formula is C13H12ClN3O2. The first-order valence-corrected chi connectivity index (χ1v) is 6.00. The highest BCUT2D eigenvalue weighted by Crippen LogP contribution is 2.11. The van der Waals surface area contributed by atoms with E-state index in [1.54, 1.807) is 19.2 Å². The van der Waals surface area contributed by atoms with Gasteiger partial charge in [-0.2, -0.15) is 5.10 Å². The topological polar surface area (TPSA) is 66.1 Å². The molecule has 2 rings (SSSR count). The number of carbonyl (C=O) groups excluding carboxylic acids is 1. The number of carbonyl (C=O) groups is 1. The number of H-pyrrole nitrogens is 1. The molecule has 0 aliphatic carbocycles. The van der Waals surface area contributed by atoms with Crippen LogP contribution in [0.2, 0.25) is 5.02 Å². The van der Waals surface area contributed by atoms with Crippen LogP contribution < -0.4 is 5.56 Å². The van der Waals surface area contributed by atoms with Gasteiger partial charge in [-0.25, -0.2) is 5.10 Å². The second-order valence-corrected chi connectivity index (χ2v) is 4.53. The van der Waals surface area contributed by atoms with Crippen molar-refractivity contribution in [1.29, 1.82) is 0 Å². The lowest BCUT2D eigenvalue weighted by Gasteiger charge is -2.16. The fourth-order valence-corrected chi connectivity index (χ4v) is 1.72. The molecule has 98 valence electrons. The zero-order valence-corrected chi connectivity index (χ0v) is 11.0. The van der Waals surface area contributed by atoms with E-state index < -0.39 is 0 Å². The Hall–Kier alpha value is -2.14. The average molecular weight is 278 g/mol. The highest BCUT2D eigenvalue weighted by molar-refractivity contribution is 6.30. The SMILES string of the molecule is CN(Cc1ccc(Cl)cc1)C(=O)c1ccc(=O)[nH]n1. The van der Waals surface area contributed by atoms with Gasteiger partial charge in [-0.3, -0.25) is 9.59 Å². The number of amides is 1. The van der Waals surface area contributed by atoms with E-state index in [1.165, 1.54) is 17.0 Å². The predicted octanol–water partition coefficient (Wildman–Crippen LogP) is 1.70. The van der Waals surface area contributed by atoms with Crippen LogP contribution in [0.25, 0.3) is 0 Å². The predicted molar refractivity (Wildman–Crippen MR) is 72.1 cm³/mol. The van der Waals surface area contributed by atoms with Crippen LogP contribution in [0.5, 0.6) is 0 Å². The quantitative estimate of drug-likeness (QED) is 0.928. The van der Waals surface area contributed by atoms with Gasteiger partial charge in [0.2, 0.25) is 0 Å². The molecule has 1 aromatic heterocycles. The lowest BCUT2D eigenvalue weighted by molar-refractivity contribution is 0.0778. The Morgan fingerprint density at radius 2 is 1.95 bits per heavy atom. The third-order valence-corrected chi connectivity index (χ3v) is 2.83. The zero-order chi connectivity index (χ0) is 13.8. The van der Waals surface area contributed by atoms with E-state index in [4.69, 9.17) is 11.6 Å². The van der Waals surface area contributed by atoms with Gasteiger partial charge < -0.3 is 4.90 Å². The minimum Gasteiger partial charge on any atom is -0.336 e. The molecule has 2 aromatic rings. The van der Waals surface area contributed by atoms with Crippen LogP contribution in [0.3, 0.4) is 0 Å². The van der Waals surface area contributed by atoms with Gasteiger partial charge in [0.15, 0.2) is 0 Å². The van der Waals surface area contributed by atoms with Crippen molar-refractivity contribution in [3.63, 3.8) is 0 Å². The summed E-state index contributed by atoms with van der Waals surface area (Å²) in [5.41, 5.74) is 0.831. The van der Waals surface area contributed by atoms with Gasteiger partial charge >= 0.3 is 0 Å². The Balaban J connectivity index is 2.09. The number of hydrogen-bond donors (Lipinski definition) is 1. The van der Waals surface area contributed by atoms with Crippen LogP contribution in [0.1, 0.15) is 16.1 Å². The second-order valence-electron chi connectivity index (χ2n) is 4.09.